The summed E-state index contributed by atoms with van der Waals surface area (Å²) in [5, 5.41) is 8.13. The van der Waals surface area contributed by atoms with Gasteiger partial charge in [0.05, 0.1) is 22.1 Å². The van der Waals surface area contributed by atoms with Crippen LogP contribution >= 0.6 is 0 Å². The lowest BCUT2D eigenvalue weighted by Gasteiger charge is -2.13. The lowest BCUT2D eigenvalue weighted by molar-refractivity contribution is 0.658. The average molecular weight is 819 g/mol. The lowest BCUT2D eigenvalue weighted by Crippen LogP contribution is -2.00. The van der Waals surface area contributed by atoms with E-state index in [-0.39, 0.29) is 0 Å². The van der Waals surface area contributed by atoms with E-state index in [0.717, 1.165) is 101 Å². The quantitative estimate of drug-likeness (QED) is 0.173. The Morgan fingerprint density at radius 2 is 0.859 bits per heavy atom. The predicted molar refractivity (Wildman–Crippen MR) is 266 cm³/mol. The SMILES string of the molecule is C1=Cc2c(c3ccccc3n2-c2cccc(-c3ccc4oc5c(-c6ccccc6)c6oc7ccc(-c8cccc(-n9c%10ccccc%10c%10ccccc%109)c8)cc7c6cc5c4c3)c2)CC1. The molecule has 4 heteroatoms. The maximum atomic E-state index is 6.85. The van der Waals surface area contributed by atoms with Gasteiger partial charge in [0.2, 0.25) is 0 Å². The Bertz CT molecular complexity index is 4020. The van der Waals surface area contributed by atoms with Gasteiger partial charge in [0, 0.05) is 54.8 Å². The molecule has 64 heavy (non-hydrogen) atoms. The van der Waals surface area contributed by atoms with Crippen molar-refractivity contribution in [3.05, 3.63) is 211 Å². The normalized spacial score (nSPS) is 12.8. The minimum Gasteiger partial charge on any atom is -0.455 e. The van der Waals surface area contributed by atoms with Crippen molar-refractivity contribution >= 4 is 82.7 Å². The van der Waals surface area contributed by atoms with Crippen molar-refractivity contribution in [3.8, 4) is 44.8 Å². The summed E-state index contributed by atoms with van der Waals surface area (Å²) in [4.78, 5) is 0. The molecular formula is C60H38N2O2. The number of fused-ring (bicyclic) bond motifs is 12. The molecule has 0 saturated carbocycles. The van der Waals surface area contributed by atoms with Gasteiger partial charge in [-0.3, -0.25) is 0 Å². The standard InChI is InChI=1S/C60H38N2O2/c1-2-14-37(15-3-1)58-59-50(48-34-40(28-30-56(48)63-59)38-16-12-18-42(32-38)61-52-24-8-4-20-44(52)45-21-5-9-25-53(45)61)36-51-49-35-41(29-31-57(49)64-60(51)58)39-17-13-19-43(33-39)62-54-26-10-6-22-46(54)47-23-7-11-27-55(47)62/h1-6,8-22,24-36H,7,23H2. The molecule has 0 N–H and O–H groups in total. The van der Waals surface area contributed by atoms with Crippen molar-refractivity contribution in [3.63, 3.8) is 0 Å². The maximum Gasteiger partial charge on any atom is 0.147 e. The van der Waals surface area contributed by atoms with Gasteiger partial charge in [-0.25, -0.2) is 0 Å². The second-order valence-corrected chi connectivity index (χ2v) is 17.1. The molecule has 4 nitrogen and oxygen atoms in total. The Hall–Kier alpha value is -8.34. The van der Waals surface area contributed by atoms with E-state index in [1.54, 1.807) is 0 Å². The van der Waals surface area contributed by atoms with E-state index < -0.39 is 0 Å². The van der Waals surface area contributed by atoms with Crippen molar-refractivity contribution in [2.75, 3.05) is 0 Å². The van der Waals surface area contributed by atoms with Crippen molar-refractivity contribution in [1.29, 1.82) is 0 Å². The third kappa shape index (κ3) is 5.17. The van der Waals surface area contributed by atoms with Crippen LogP contribution in [0, 0.1) is 0 Å². The minimum atomic E-state index is 0.827. The molecule has 0 atom stereocenters. The fraction of sp³-hybridized carbons (Fsp3) is 0.0333. The molecule has 4 heterocycles. The van der Waals surface area contributed by atoms with E-state index in [1.165, 1.54) is 44.0 Å². The molecule has 0 saturated heterocycles. The molecule has 1 aliphatic carbocycles. The number of furan rings is 2. The molecule has 0 aliphatic heterocycles. The number of nitrogens with zero attached hydrogens (tertiary/aromatic N) is 2. The third-order valence-corrected chi connectivity index (χ3v) is 13.6. The fourth-order valence-electron chi connectivity index (χ4n) is 10.7. The Morgan fingerprint density at radius 1 is 0.359 bits per heavy atom. The van der Waals surface area contributed by atoms with Gasteiger partial charge < -0.3 is 18.0 Å². The van der Waals surface area contributed by atoms with Crippen LogP contribution in [-0.2, 0) is 6.42 Å². The Kier molecular flexibility index (Phi) is 7.48. The summed E-state index contributed by atoms with van der Waals surface area (Å²) < 4.78 is 18.5. The molecule has 0 unspecified atom stereocenters. The van der Waals surface area contributed by atoms with Crippen molar-refractivity contribution in [2.45, 2.75) is 12.8 Å². The molecule has 0 amide bonds. The summed E-state index contributed by atoms with van der Waals surface area (Å²) in [5.74, 6) is 0. The number of aryl methyl sites for hydroxylation is 1. The number of benzene rings is 9. The van der Waals surface area contributed by atoms with Gasteiger partial charge in [-0.2, -0.15) is 0 Å². The number of para-hydroxylation sites is 3. The minimum absolute atomic E-state index is 0.827. The topological polar surface area (TPSA) is 36.1 Å². The summed E-state index contributed by atoms with van der Waals surface area (Å²) in [6, 6.07) is 70.0. The molecule has 9 aromatic carbocycles. The number of hydrogen-bond donors (Lipinski definition) is 0. The molecule has 0 radical (unpaired) electrons. The number of aromatic nitrogens is 2. The molecule has 14 rings (SSSR count). The second kappa shape index (κ2) is 13.6. The highest BCUT2D eigenvalue weighted by molar-refractivity contribution is 6.22. The van der Waals surface area contributed by atoms with Crippen LogP contribution in [0.2, 0.25) is 0 Å². The van der Waals surface area contributed by atoms with Gasteiger partial charge in [0.15, 0.2) is 0 Å². The van der Waals surface area contributed by atoms with E-state index in [9.17, 15) is 0 Å². The van der Waals surface area contributed by atoms with E-state index in [2.05, 4.69) is 215 Å². The average Bonchev–Trinajstić information content (AvgIpc) is 4.11. The first kappa shape index (κ1) is 35.3. The van der Waals surface area contributed by atoms with E-state index in [0.29, 0.717) is 0 Å². The summed E-state index contributed by atoms with van der Waals surface area (Å²) in [7, 11) is 0. The zero-order chi connectivity index (χ0) is 41.9. The summed E-state index contributed by atoms with van der Waals surface area (Å²) >= 11 is 0. The highest BCUT2D eigenvalue weighted by Gasteiger charge is 2.23. The first-order valence-corrected chi connectivity index (χ1v) is 22.1. The van der Waals surface area contributed by atoms with Gasteiger partial charge >= 0.3 is 0 Å². The first-order chi connectivity index (χ1) is 31.7. The Labute approximate surface area is 368 Å². The fourth-order valence-corrected chi connectivity index (χ4v) is 10.7. The molecule has 4 aromatic heterocycles. The highest BCUT2D eigenvalue weighted by atomic mass is 16.3. The van der Waals surface area contributed by atoms with Crippen LogP contribution in [0.3, 0.4) is 0 Å². The van der Waals surface area contributed by atoms with E-state index in [4.69, 9.17) is 8.83 Å². The van der Waals surface area contributed by atoms with Gasteiger partial charge in [-0.1, -0.05) is 127 Å². The van der Waals surface area contributed by atoms with Crippen LogP contribution in [0.4, 0.5) is 0 Å². The van der Waals surface area contributed by atoms with Crippen molar-refractivity contribution in [1.82, 2.24) is 9.13 Å². The zero-order valence-electron chi connectivity index (χ0n) is 34.8. The van der Waals surface area contributed by atoms with Crippen LogP contribution in [0.5, 0.6) is 0 Å². The van der Waals surface area contributed by atoms with Gasteiger partial charge in [0.1, 0.15) is 22.3 Å². The molecule has 300 valence electrons. The Balaban J connectivity index is 0.941. The second-order valence-electron chi connectivity index (χ2n) is 17.1. The van der Waals surface area contributed by atoms with Crippen LogP contribution in [0.15, 0.2) is 209 Å². The molecule has 1 aliphatic rings. The molecule has 0 bridgehead atoms. The molecule has 13 aromatic rings. The summed E-state index contributed by atoms with van der Waals surface area (Å²) in [6.07, 6.45) is 6.74. The molecule has 0 spiro atoms. The third-order valence-electron chi connectivity index (χ3n) is 13.6. The summed E-state index contributed by atoms with van der Waals surface area (Å²) in [5.41, 5.74) is 18.6. The van der Waals surface area contributed by atoms with E-state index in [1.807, 2.05) is 0 Å². The molecular weight excluding hydrogens is 781 g/mol. The van der Waals surface area contributed by atoms with Crippen LogP contribution < -0.4 is 0 Å². The van der Waals surface area contributed by atoms with Gasteiger partial charge in [-0.15, -0.1) is 0 Å². The van der Waals surface area contributed by atoms with Crippen molar-refractivity contribution in [2.24, 2.45) is 0 Å². The monoisotopic (exact) mass is 818 g/mol. The maximum absolute atomic E-state index is 6.85. The van der Waals surface area contributed by atoms with Crippen molar-refractivity contribution < 1.29 is 8.83 Å². The Morgan fingerprint density at radius 3 is 1.47 bits per heavy atom. The van der Waals surface area contributed by atoms with E-state index >= 15 is 0 Å². The van der Waals surface area contributed by atoms with Gasteiger partial charge in [0.25, 0.3) is 0 Å². The van der Waals surface area contributed by atoms with Crippen LogP contribution in [0.25, 0.3) is 127 Å². The summed E-state index contributed by atoms with van der Waals surface area (Å²) in [6.45, 7) is 0. The predicted octanol–water partition coefficient (Wildman–Crippen LogP) is 16.5. The number of rotatable bonds is 5. The number of allylic oxidation sites excluding steroid dienone is 1. The largest absolute Gasteiger partial charge is 0.455 e. The van der Waals surface area contributed by atoms with Gasteiger partial charge in [-0.05, 0) is 125 Å². The van der Waals surface area contributed by atoms with Crippen LogP contribution in [0.1, 0.15) is 17.7 Å². The molecule has 0 fully saturated rings. The zero-order valence-corrected chi connectivity index (χ0v) is 34.8. The van der Waals surface area contributed by atoms with Crippen LogP contribution in [-0.4, -0.2) is 9.13 Å². The lowest BCUT2D eigenvalue weighted by atomic mass is 9.96. The smallest absolute Gasteiger partial charge is 0.147 e. The highest BCUT2D eigenvalue weighted by Crippen LogP contribution is 2.46. The first-order valence-electron chi connectivity index (χ1n) is 22.1. The number of hydrogen-bond acceptors (Lipinski definition) is 2.